The summed E-state index contributed by atoms with van der Waals surface area (Å²) in [7, 11) is -3.70. The number of ether oxygens (including phenoxy) is 2. The van der Waals surface area contributed by atoms with Crippen LogP contribution in [0.3, 0.4) is 0 Å². The van der Waals surface area contributed by atoms with Gasteiger partial charge in [-0.2, -0.15) is 0 Å². The number of hydrogen-bond acceptors (Lipinski definition) is 5. The van der Waals surface area contributed by atoms with Crippen molar-refractivity contribution in [3.05, 3.63) is 18.2 Å². The lowest BCUT2D eigenvalue weighted by atomic mass is 10.2. The number of benzene rings is 1. The predicted molar refractivity (Wildman–Crippen MR) is 68.3 cm³/mol. The van der Waals surface area contributed by atoms with Gasteiger partial charge in [-0.1, -0.05) is 18.7 Å². The van der Waals surface area contributed by atoms with E-state index in [2.05, 4.69) is 4.89 Å². The Morgan fingerprint density at radius 3 is 2.63 bits per heavy atom. The van der Waals surface area contributed by atoms with Crippen LogP contribution in [0.1, 0.15) is 26.7 Å². The summed E-state index contributed by atoms with van der Waals surface area (Å²) in [4.78, 5) is 7.40. The zero-order valence-corrected chi connectivity index (χ0v) is 11.7. The van der Waals surface area contributed by atoms with Gasteiger partial charge in [0, 0.05) is 6.07 Å². The largest absolute Gasteiger partial charge is 0.454 e. The van der Waals surface area contributed by atoms with E-state index in [-0.39, 0.29) is 17.8 Å². The molecule has 0 spiro atoms. The summed E-state index contributed by atoms with van der Waals surface area (Å²) in [5.41, 5.74) is 0. The van der Waals surface area contributed by atoms with Gasteiger partial charge in [-0.15, -0.1) is 0 Å². The molecule has 2 rings (SSSR count). The molecule has 0 atom stereocenters. The molecule has 1 aromatic rings. The molecule has 1 aromatic carbocycles. The average Bonchev–Trinajstić information content (AvgIpc) is 2.87. The fourth-order valence-corrected chi connectivity index (χ4v) is 2.55. The molecule has 0 amide bonds. The Bertz CT molecular complexity index is 539. The first-order chi connectivity index (χ1) is 9.06. The lowest BCUT2D eigenvalue weighted by Crippen LogP contribution is -2.29. The summed E-state index contributed by atoms with van der Waals surface area (Å²) >= 11 is 0. The van der Waals surface area contributed by atoms with Gasteiger partial charge in [-0.25, -0.2) is 8.42 Å². The topological polar surface area (TPSA) is 73.9 Å². The lowest BCUT2D eigenvalue weighted by Gasteiger charge is -2.14. The average molecular weight is 287 g/mol. The molecule has 0 aromatic heterocycles. The number of fused-ring (bicyclic) bond motifs is 1. The van der Waals surface area contributed by atoms with E-state index in [0.29, 0.717) is 11.5 Å². The molecular formula is C12H17NO5S. The first kappa shape index (κ1) is 14.1. The summed E-state index contributed by atoms with van der Waals surface area (Å²) in [5.74, 6) is 0.963. The van der Waals surface area contributed by atoms with Crippen molar-refractivity contribution in [1.82, 2.24) is 4.89 Å². The van der Waals surface area contributed by atoms with Crippen LogP contribution in [0, 0.1) is 0 Å². The van der Waals surface area contributed by atoms with Crippen LogP contribution in [-0.4, -0.2) is 21.3 Å². The van der Waals surface area contributed by atoms with Crippen molar-refractivity contribution >= 4 is 10.0 Å². The van der Waals surface area contributed by atoms with E-state index < -0.39 is 10.0 Å². The van der Waals surface area contributed by atoms with Crippen LogP contribution in [0.25, 0.3) is 0 Å². The Morgan fingerprint density at radius 2 is 1.95 bits per heavy atom. The third kappa shape index (κ3) is 3.17. The standard InChI is InChI=1S/C12H17NO5S/c1-3-9(4-2)18-13-19(14,15)10-5-6-11-12(7-10)17-8-16-11/h5-7,9,13H,3-4,8H2,1-2H3. The van der Waals surface area contributed by atoms with Crippen molar-refractivity contribution in [3.63, 3.8) is 0 Å². The van der Waals surface area contributed by atoms with E-state index >= 15 is 0 Å². The maximum absolute atomic E-state index is 12.0. The van der Waals surface area contributed by atoms with Crippen molar-refractivity contribution in [1.29, 1.82) is 0 Å². The SMILES string of the molecule is CCC(CC)ONS(=O)(=O)c1ccc2c(c1)OCO2. The molecule has 0 bridgehead atoms. The second kappa shape index (κ2) is 5.77. The van der Waals surface area contributed by atoms with Gasteiger partial charge in [0.15, 0.2) is 11.5 Å². The summed E-state index contributed by atoms with van der Waals surface area (Å²) < 4.78 is 34.3. The van der Waals surface area contributed by atoms with E-state index in [1.54, 1.807) is 6.07 Å². The van der Waals surface area contributed by atoms with E-state index in [0.717, 1.165) is 12.8 Å². The Morgan fingerprint density at radius 1 is 1.26 bits per heavy atom. The minimum absolute atomic E-state index is 0.0858. The quantitative estimate of drug-likeness (QED) is 0.808. The molecule has 19 heavy (non-hydrogen) atoms. The molecule has 1 aliphatic heterocycles. The first-order valence-corrected chi connectivity index (χ1v) is 7.62. The highest BCUT2D eigenvalue weighted by Crippen LogP contribution is 2.33. The van der Waals surface area contributed by atoms with E-state index in [9.17, 15) is 8.42 Å². The van der Waals surface area contributed by atoms with Crippen LogP contribution < -0.4 is 14.4 Å². The Labute approximate surface area is 112 Å². The molecule has 1 aliphatic rings. The van der Waals surface area contributed by atoms with Gasteiger partial charge in [0.2, 0.25) is 6.79 Å². The number of nitrogens with one attached hydrogen (secondary N) is 1. The van der Waals surface area contributed by atoms with Gasteiger partial charge in [0.1, 0.15) is 0 Å². The minimum Gasteiger partial charge on any atom is -0.454 e. The molecule has 0 unspecified atom stereocenters. The number of sulfonamides is 1. The molecule has 0 saturated heterocycles. The molecule has 6 nitrogen and oxygen atoms in total. The molecule has 106 valence electrons. The zero-order valence-electron chi connectivity index (χ0n) is 10.9. The molecule has 1 N–H and O–H groups in total. The Kier molecular flexibility index (Phi) is 4.28. The highest BCUT2D eigenvalue weighted by Gasteiger charge is 2.21. The van der Waals surface area contributed by atoms with E-state index in [1.165, 1.54) is 12.1 Å². The molecule has 0 fully saturated rings. The van der Waals surface area contributed by atoms with Gasteiger partial charge < -0.3 is 9.47 Å². The van der Waals surface area contributed by atoms with Crippen LogP contribution in [0.2, 0.25) is 0 Å². The van der Waals surface area contributed by atoms with Gasteiger partial charge >= 0.3 is 0 Å². The molecular weight excluding hydrogens is 270 g/mol. The molecule has 0 saturated carbocycles. The van der Waals surface area contributed by atoms with Crippen molar-refractivity contribution in [2.75, 3.05) is 6.79 Å². The van der Waals surface area contributed by atoms with Crippen molar-refractivity contribution < 1.29 is 22.7 Å². The van der Waals surface area contributed by atoms with Crippen molar-refractivity contribution in [2.24, 2.45) is 0 Å². The normalized spacial score (nSPS) is 14.1. The summed E-state index contributed by atoms with van der Waals surface area (Å²) in [6, 6.07) is 4.43. The predicted octanol–water partition coefficient (Wildman–Crippen LogP) is 1.81. The molecule has 0 aliphatic carbocycles. The number of rotatable bonds is 6. The Balaban J connectivity index is 2.11. The van der Waals surface area contributed by atoms with Crippen LogP contribution in [0.15, 0.2) is 23.1 Å². The first-order valence-electron chi connectivity index (χ1n) is 6.14. The van der Waals surface area contributed by atoms with Gasteiger partial charge in [0.05, 0.1) is 11.0 Å². The van der Waals surface area contributed by atoms with Gasteiger partial charge in [-0.3, -0.25) is 4.84 Å². The zero-order chi connectivity index (χ0) is 13.9. The maximum Gasteiger partial charge on any atom is 0.262 e. The minimum atomic E-state index is -3.70. The van der Waals surface area contributed by atoms with Crippen LogP contribution in [0.4, 0.5) is 0 Å². The van der Waals surface area contributed by atoms with Crippen LogP contribution in [-0.2, 0) is 14.9 Å². The van der Waals surface area contributed by atoms with Gasteiger partial charge in [-0.05, 0) is 25.0 Å². The second-order valence-corrected chi connectivity index (χ2v) is 5.80. The van der Waals surface area contributed by atoms with Crippen molar-refractivity contribution in [3.8, 4) is 11.5 Å². The maximum atomic E-state index is 12.0. The fourth-order valence-electron chi connectivity index (χ4n) is 1.68. The van der Waals surface area contributed by atoms with Crippen LogP contribution >= 0.6 is 0 Å². The fraction of sp³-hybridized carbons (Fsp3) is 0.500. The highest BCUT2D eigenvalue weighted by molar-refractivity contribution is 7.89. The van der Waals surface area contributed by atoms with Gasteiger partial charge in [0.25, 0.3) is 10.0 Å². The Hall–Kier alpha value is -1.31. The molecule has 0 radical (unpaired) electrons. The van der Waals surface area contributed by atoms with E-state index in [1.807, 2.05) is 13.8 Å². The van der Waals surface area contributed by atoms with Crippen LogP contribution in [0.5, 0.6) is 11.5 Å². The summed E-state index contributed by atoms with van der Waals surface area (Å²) in [6.45, 7) is 3.97. The third-order valence-corrected chi connectivity index (χ3v) is 4.08. The summed E-state index contributed by atoms with van der Waals surface area (Å²) in [6.07, 6.45) is 1.34. The molecule has 1 heterocycles. The van der Waals surface area contributed by atoms with Crippen molar-refractivity contribution in [2.45, 2.75) is 37.7 Å². The van der Waals surface area contributed by atoms with E-state index in [4.69, 9.17) is 14.3 Å². The number of hydrogen-bond donors (Lipinski definition) is 1. The smallest absolute Gasteiger partial charge is 0.262 e. The lowest BCUT2D eigenvalue weighted by molar-refractivity contribution is 0.0133. The molecule has 7 heteroatoms. The second-order valence-electron chi connectivity index (χ2n) is 4.16. The highest BCUT2D eigenvalue weighted by atomic mass is 32.2. The summed E-state index contributed by atoms with van der Waals surface area (Å²) in [5, 5.41) is 0. The third-order valence-electron chi connectivity index (χ3n) is 2.89. The monoisotopic (exact) mass is 287 g/mol.